The first-order valence-corrected chi connectivity index (χ1v) is 5.06. The van der Waals surface area contributed by atoms with Gasteiger partial charge in [-0.15, -0.1) is 12.6 Å². The summed E-state index contributed by atoms with van der Waals surface area (Å²) in [7, 11) is 0. The van der Waals surface area contributed by atoms with Gasteiger partial charge in [0.05, 0.1) is 0 Å². The van der Waals surface area contributed by atoms with Crippen molar-refractivity contribution in [3.63, 3.8) is 0 Å². The Bertz CT molecular complexity index is 313. The van der Waals surface area contributed by atoms with Crippen LogP contribution in [0.25, 0.3) is 0 Å². The van der Waals surface area contributed by atoms with Crippen molar-refractivity contribution in [2.45, 2.75) is 4.90 Å². The van der Waals surface area contributed by atoms with E-state index in [1.807, 2.05) is 60.7 Å². The van der Waals surface area contributed by atoms with E-state index in [2.05, 4.69) is 12.6 Å². The number of halogens is 1. The SMILES string of the molecule is Clc1ccccc1.Sc1ccccc1.[Zn]. The molecule has 2 aromatic rings. The molecular formula is C12H11ClSZn. The molecule has 0 bridgehead atoms. The molecule has 0 N–H and O–H groups in total. The van der Waals surface area contributed by atoms with Crippen molar-refractivity contribution < 1.29 is 19.5 Å². The van der Waals surface area contributed by atoms with Crippen LogP contribution in [-0.2, 0) is 19.5 Å². The van der Waals surface area contributed by atoms with Gasteiger partial charge >= 0.3 is 0 Å². The molecule has 0 saturated carbocycles. The van der Waals surface area contributed by atoms with Crippen LogP contribution in [-0.4, -0.2) is 0 Å². The zero-order valence-electron chi connectivity index (χ0n) is 8.31. The van der Waals surface area contributed by atoms with Crippen LogP contribution in [0.3, 0.4) is 0 Å². The molecule has 2 aromatic carbocycles. The summed E-state index contributed by atoms with van der Waals surface area (Å²) in [6.07, 6.45) is 0. The van der Waals surface area contributed by atoms with E-state index in [4.69, 9.17) is 11.6 Å². The van der Waals surface area contributed by atoms with Crippen molar-refractivity contribution in [2.24, 2.45) is 0 Å². The number of benzene rings is 2. The molecule has 0 fully saturated rings. The van der Waals surface area contributed by atoms with Crippen molar-refractivity contribution in [1.29, 1.82) is 0 Å². The zero-order valence-corrected chi connectivity index (χ0v) is 12.9. The van der Waals surface area contributed by atoms with Crippen molar-refractivity contribution in [1.82, 2.24) is 0 Å². The Balaban J connectivity index is 0.000000245. The molecule has 0 atom stereocenters. The maximum absolute atomic E-state index is 5.54. The van der Waals surface area contributed by atoms with Gasteiger partial charge in [-0.2, -0.15) is 0 Å². The standard InChI is InChI=1S/C6H5Cl.C6H6S.Zn/c2*7-6-4-2-1-3-5-6;/h1-5H;1-5,7H;. The molecule has 0 amide bonds. The Morgan fingerprint density at radius 1 is 0.733 bits per heavy atom. The Morgan fingerprint density at radius 2 is 1.13 bits per heavy atom. The number of hydrogen-bond donors (Lipinski definition) is 1. The van der Waals surface area contributed by atoms with Crippen molar-refractivity contribution in [3.05, 3.63) is 65.7 Å². The average Bonchev–Trinajstić information content (AvgIpc) is 2.21. The Morgan fingerprint density at radius 3 is 1.33 bits per heavy atom. The second-order valence-corrected chi connectivity index (χ2v) is 3.58. The fourth-order valence-electron chi connectivity index (χ4n) is 0.843. The van der Waals surface area contributed by atoms with E-state index in [0.29, 0.717) is 0 Å². The minimum atomic E-state index is 0. The van der Waals surface area contributed by atoms with Gasteiger partial charge in [-0.05, 0) is 24.3 Å². The molecule has 2 rings (SSSR count). The van der Waals surface area contributed by atoms with Gasteiger partial charge in [-0.25, -0.2) is 0 Å². The van der Waals surface area contributed by atoms with E-state index in [0.717, 1.165) is 9.92 Å². The normalized spacial score (nSPS) is 8.13. The minimum Gasteiger partial charge on any atom is -0.143 e. The van der Waals surface area contributed by atoms with Crippen LogP contribution < -0.4 is 0 Å². The second kappa shape index (κ2) is 8.97. The third-order valence-corrected chi connectivity index (χ3v) is 2.04. The van der Waals surface area contributed by atoms with Gasteiger partial charge in [0.2, 0.25) is 0 Å². The smallest absolute Gasteiger partial charge is 0.0405 e. The molecule has 0 radical (unpaired) electrons. The summed E-state index contributed by atoms with van der Waals surface area (Å²) in [6.45, 7) is 0. The summed E-state index contributed by atoms with van der Waals surface area (Å²) < 4.78 is 0. The number of rotatable bonds is 0. The van der Waals surface area contributed by atoms with E-state index < -0.39 is 0 Å². The quantitative estimate of drug-likeness (QED) is 0.542. The number of thiol groups is 1. The van der Waals surface area contributed by atoms with Gasteiger partial charge in [-0.3, -0.25) is 0 Å². The van der Waals surface area contributed by atoms with E-state index in [1.54, 1.807) is 0 Å². The van der Waals surface area contributed by atoms with Crippen LogP contribution in [0.2, 0.25) is 5.02 Å². The average molecular weight is 288 g/mol. The van der Waals surface area contributed by atoms with Crippen LogP contribution in [0.15, 0.2) is 65.6 Å². The molecule has 0 nitrogen and oxygen atoms in total. The monoisotopic (exact) mass is 286 g/mol. The molecule has 0 saturated heterocycles. The predicted molar refractivity (Wildman–Crippen MR) is 65.1 cm³/mol. The molecule has 0 aliphatic rings. The van der Waals surface area contributed by atoms with Crippen LogP contribution in [0.5, 0.6) is 0 Å². The van der Waals surface area contributed by atoms with Gasteiger partial charge in [0, 0.05) is 29.4 Å². The molecule has 74 valence electrons. The van der Waals surface area contributed by atoms with Crippen molar-refractivity contribution >= 4 is 24.2 Å². The van der Waals surface area contributed by atoms with E-state index >= 15 is 0 Å². The second-order valence-electron chi connectivity index (χ2n) is 2.63. The summed E-state index contributed by atoms with van der Waals surface area (Å²) in [5.41, 5.74) is 0. The first kappa shape index (κ1) is 14.7. The largest absolute Gasteiger partial charge is 0.143 e. The first-order valence-electron chi connectivity index (χ1n) is 4.23. The van der Waals surface area contributed by atoms with Gasteiger partial charge < -0.3 is 0 Å². The van der Waals surface area contributed by atoms with E-state index in [1.165, 1.54) is 0 Å². The number of hydrogen-bond acceptors (Lipinski definition) is 1. The predicted octanol–water partition coefficient (Wildman–Crippen LogP) is 4.31. The summed E-state index contributed by atoms with van der Waals surface area (Å²) in [6, 6.07) is 19.2. The maximum Gasteiger partial charge on any atom is 0.0405 e. The van der Waals surface area contributed by atoms with Crippen molar-refractivity contribution in [2.75, 3.05) is 0 Å². The molecule has 0 aromatic heterocycles. The molecule has 15 heavy (non-hydrogen) atoms. The van der Waals surface area contributed by atoms with Gasteiger partial charge in [-0.1, -0.05) is 48.0 Å². The third kappa shape index (κ3) is 7.61. The fraction of sp³-hybridized carbons (Fsp3) is 0. The fourth-order valence-corrected chi connectivity index (χ4v) is 1.16. The maximum atomic E-state index is 5.54. The van der Waals surface area contributed by atoms with Crippen LogP contribution in [0.4, 0.5) is 0 Å². The van der Waals surface area contributed by atoms with Crippen molar-refractivity contribution in [3.8, 4) is 0 Å². The summed E-state index contributed by atoms with van der Waals surface area (Å²) in [5.74, 6) is 0. The summed E-state index contributed by atoms with van der Waals surface area (Å²) >= 11 is 9.62. The molecule has 0 aliphatic heterocycles. The van der Waals surface area contributed by atoms with Crippen LogP contribution in [0, 0.1) is 0 Å². The van der Waals surface area contributed by atoms with E-state index in [-0.39, 0.29) is 19.5 Å². The Hall–Kier alpha value is -0.297. The van der Waals surface area contributed by atoms with Crippen LogP contribution in [0.1, 0.15) is 0 Å². The molecule has 0 aliphatic carbocycles. The minimum absolute atomic E-state index is 0. The molecule has 0 unspecified atom stereocenters. The first-order chi connectivity index (χ1) is 6.79. The Kier molecular flexibility index (Phi) is 8.79. The molecule has 0 spiro atoms. The van der Waals surface area contributed by atoms with E-state index in [9.17, 15) is 0 Å². The third-order valence-electron chi connectivity index (χ3n) is 1.49. The summed E-state index contributed by atoms with van der Waals surface area (Å²) in [5, 5.41) is 0.794. The Labute approximate surface area is 114 Å². The van der Waals surface area contributed by atoms with Crippen LogP contribution >= 0.6 is 24.2 Å². The zero-order chi connectivity index (χ0) is 10.2. The summed E-state index contributed by atoms with van der Waals surface area (Å²) in [4.78, 5) is 1.02. The molecule has 0 heterocycles. The van der Waals surface area contributed by atoms with Gasteiger partial charge in [0.25, 0.3) is 0 Å². The molecule has 3 heteroatoms. The topological polar surface area (TPSA) is 0 Å². The van der Waals surface area contributed by atoms with Gasteiger partial charge in [0.1, 0.15) is 0 Å². The van der Waals surface area contributed by atoms with Gasteiger partial charge in [0.15, 0.2) is 0 Å². The molecular weight excluding hydrogens is 277 g/mol.